The first kappa shape index (κ1) is 24.5. The number of aromatic hydroxyl groups is 1. The maximum absolute atomic E-state index is 13.6. The number of benzene rings is 3. The minimum atomic E-state index is -1.03. The molecule has 1 atom stereocenters. The Kier molecular flexibility index (Phi) is 5.57. The number of para-hydroxylation sites is 1. The molecular weight excluding hydrogens is 490 g/mol. The van der Waals surface area contributed by atoms with Gasteiger partial charge in [-0.05, 0) is 86.3 Å². The molecule has 0 fully saturated rings. The predicted molar refractivity (Wildman–Crippen MR) is 152 cm³/mol. The standard InChI is InChI=1S/C33H27NO5/c1-16-12-22-26(14-18(16)3)38-20(5)28(31(22)35)29(25-11-10-21-8-6-7-9-24(21)34-25)30-32(36)23-13-17(2)19(4)15-27(23)39-33(30)37/h6-15,29,35-36H,5H2,1-4H3. The van der Waals surface area contributed by atoms with Crippen LogP contribution < -0.4 is 10.4 Å². The fourth-order valence-corrected chi connectivity index (χ4v) is 5.21. The maximum Gasteiger partial charge on any atom is 0.344 e. The van der Waals surface area contributed by atoms with E-state index in [1.165, 1.54) is 0 Å². The first-order valence-electron chi connectivity index (χ1n) is 12.7. The lowest BCUT2D eigenvalue weighted by atomic mass is 9.83. The topological polar surface area (TPSA) is 92.8 Å². The van der Waals surface area contributed by atoms with E-state index in [-0.39, 0.29) is 34.0 Å². The molecule has 0 saturated heterocycles. The molecule has 2 N–H and O–H groups in total. The van der Waals surface area contributed by atoms with Crippen molar-refractivity contribution in [1.82, 2.24) is 4.98 Å². The lowest BCUT2D eigenvalue weighted by Gasteiger charge is -2.28. The molecule has 3 heterocycles. The summed E-state index contributed by atoms with van der Waals surface area (Å²) in [5, 5.41) is 24.6. The summed E-state index contributed by atoms with van der Waals surface area (Å²) < 4.78 is 11.9. The van der Waals surface area contributed by atoms with Crippen LogP contribution in [0.2, 0.25) is 0 Å². The van der Waals surface area contributed by atoms with Crippen LogP contribution in [-0.4, -0.2) is 15.2 Å². The highest BCUT2D eigenvalue weighted by Crippen LogP contribution is 2.47. The van der Waals surface area contributed by atoms with Gasteiger partial charge in [0.25, 0.3) is 0 Å². The summed E-state index contributed by atoms with van der Waals surface area (Å²) in [6, 6.07) is 18.5. The van der Waals surface area contributed by atoms with Gasteiger partial charge in [-0.25, -0.2) is 4.79 Å². The van der Waals surface area contributed by atoms with Crippen molar-refractivity contribution in [2.45, 2.75) is 33.6 Å². The Morgan fingerprint density at radius 2 is 1.56 bits per heavy atom. The molecule has 3 aromatic carbocycles. The third-order valence-electron chi connectivity index (χ3n) is 7.66. The summed E-state index contributed by atoms with van der Waals surface area (Å²) in [4.78, 5) is 18.4. The summed E-state index contributed by atoms with van der Waals surface area (Å²) in [6.07, 6.45) is 0. The highest BCUT2D eigenvalue weighted by atomic mass is 16.5. The molecule has 5 aromatic rings. The third-order valence-corrected chi connectivity index (χ3v) is 7.66. The Labute approximate surface area is 225 Å². The molecule has 0 spiro atoms. The van der Waals surface area contributed by atoms with Gasteiger partial charge in [0.1, 0.15) is 28.6 Å². The average molecular weight is 518 g/mol. The van der Waals surface area contributed by atoms with Gasteiger partial charge in [-0.15, -0.1) is 0 Å². The number of aliphatic hydroxyl groups excluding tert-OH is 1. The summed E-state index contributed by atoms with van der Waals surface area (Å²) in [5.74, 6) is -0.733. The molecule has 0 amide bonds. The van der Waals surface area contributed by atoms with Crippen LogP contribution in [0.15, 0.2) is 87.8 Å². The number of ether oxygens (including phenoxy) is 1. The minimum absolute atomic E-state index is 0.0490. The van der Waals surface area contributed by atoms with Crippen LogP contribution in [-0.2, 0) is 0 Å². The van der Waals surface area contributed by atoms with Crippen LogP contribution >= 0.6 is 0 Å². The molecule has 6 rings (SSSR count). The number of fused-ring (bicyclic) bond motifs is 3. The monoisotopic (exact) mass is 517 g/mol. The quantitative estimate of drug-likeness (QED) is 0.244. The zero-order valence-corrected chi connectivity index (χ0v) is 22.1. The number of rotatable bonds is 3. The molecule has 1 aliphatic rings. The van der Waals surface area contributed by atoms with E-state index in [1.54, 1.807) is 18.2 Å². The lowest BCUT2D eigenvalue weighted by molar-refractivity contribution is 0.398. The zero-order valence-electron chi connectivity index (χ0n) is 22.1. The van der Waals surface area contributed by atoms with Crippen molar-refractivity contribution < 1.29 is 19.4 Å². The summed E-state index contributed by atoms with van der Waals surface area (Å²) in [5.41, 5.74) is 5.18. The van der Waals surface area contributed by atoms with Crippen molar-refractivity contribution in [3.8, 4) is 11.5 Å². The Bertz CT molecular complexity index is 1950. The van der Waals surface area contributed by atoms with Gasteiger partial charge in [-0.3, -0.25) is 4.98 Å². The predicted octanol–water partition coefficient (Wildman–Crippen LogP) is 7.29. The van der Waals surface area contributed by atoms with Gasteiger partial charge in [0.15, 0.2) is 0 Å². The first-order valence-corrected chi connectivity index (χ1v) is 12.7. The lowest BCUT2D eigenvalue weighted by Crippen LogP contribution is -2.22. The summed E-state index contributed by atoms with van der Waals surface area (Å²) in [7, 11) is 0. The van der Waals surface area contributed by atoms with Crippen molar-refractivity contribution >= 4 is 27.6 Å². The average Bonchev–Trinajstić information content (AvgIpc) is 2.90. The molecular formula is C33H27NO5. The van der Waals surface area contributed by atoms with Crippen LogP contribution in [0.3, 0.4) is 0 Å². The Morgan fingerprint density at radius 3 is 2.36 bits per heavy atom. The smallest absolute Gasteiger partial charge is 0.344 e. The van der Waals surface area contributed by atoms with Gasteiger partial charge >= 0.3 is 5.63 Å². The van der Waals surface area contributed by atoms with Crippen LogP contribution in [0.5, 0.6) is 11.5 Å². The van der Waals surface area contributed by atoms with Crippen LogP contribution in [0.4, 0.5) is 0 Å². The van der Waals surface area contributed by atoms with Gasteiger partial charge in [0.05, 0.1) is 39.2 Å². The molecule has 39 heavy (non-hydrogen) atoms. The number of aryl methyl sites for hydroxylation is 4. The molecule has 1 aliphatic heterocycles. The summed E-state index contributed by atoms with van der Waals surface area (Å²) in [6.45, 7) is 11.8. The summed E-state index contributed by atoms with van der Waals surface area (Å²) >= 11 is 0. The SMILES string of the molecule is C=C1Oc2cc(C)c(C)cc2C(O)=C1C(c1ccc2ccccc2n1)c1c(O)c2cc(C)c(C)cc2oc1=O. The van der Waals surface area contributed by atoms with Gasteiger partial charge in [-0.1, -0.05) is 30.8 Å². The van der Waals surface area contributed by atoms with E-state index >= 15 is 0 Å². The molecule has 0 radical (unpaired) electrons. The van der Waals surface area contributed by atoms with Gasteiger partial charge in [0, 0.05) is 5.39 Å². The minimum Gasteiger partial charge on any atom is -0.507 e. The number of pyridine rings is 1. The largest absolute Gasteiger partial charge is 0.507 e. The molecule has 0 bridgehead atoms. The molecule has 6 heteroatoms. The number of aliphatic hydroxyl groups is 1. The molecule has 0 aliphatic carbocycles. The normalized spacial score (nSPS) is 14.0. The highest BCUT2D eigenvalue weighted by Gasteiger charge is 2.37. The van der Waals surface area contributed by atoms with E-state index in [9.17, 15) is 15.0 Å². The van der Waals surface area contributed by atoms with Crippen LogP contribution in [0.25, 0.3) is 27.6 Å². The number of nitrogens with zero attached hydrogens (tertiary/aromatic N) is 1. The fraction of sp³-hybridized carbons (Fsp3) is 0.152. The maximum atomic E-state index is 13.6. The van der Waals surface area contributed by atoms with E-state index in [2.05, 4.69) is 6.58 Å². The Balaban J connectivity index is 1.70. The van der Waals surface area contributed by atoms with E-state index in [0.717, 1.165) is 27.6 Å². The highest BCUT2D eigenvalue weighted by molar-refractivity contribution is 5.87. The van der Waals surface area contributed by atoms with E-state index in [4.69, 9.17) is 14.1 Å². The van der Waals surface area contributed by atoms with Crippen LogP contribution in [0, 0.1) is 27.7 Å². The first-order chi connectivity index (χ1) is 18.6. The second-order valence-corrected chi connectivity index (χ2v) is 10.2. The number of hydrogen-bond donors (Lipinski definition) is 2. The van der Waals surface area contributed by atoms with Crippen molar-refractivity contribution in [3.05, 3.63) is 128 Å². The number of aromatic nitrogens is 1. The van der Waals surface area contributed by atoms with E-state index < -0.39 is 11.5 Å². The van der Waals surface area contributed by atoms with Gasteiger partial charge in [-0.2, -0.15) is 0 Å². The molecule has 6 nitrogen and oxygen atoms in total. The van der Waals surface area contributed by atoms with Crippen molar-refractivity contribution in [1.29, 1.82) is 0 Å². The van der Waals surface area contributed by atoms with Crippen molar-refractivity contribution in [2.75, 3.05) is 0 Å². The Hall–Kier alpha value is -4.84. The van der Waals surface area contributed by atoms with E-state index in [1.807, 2.05) is 70.2 Å². The second-order valence-electron chi connectivity index (χ2n) is 10.2. The molecule has 0 saturated carbocycles. The fourth-order valence-electron chi connectivity index (χ4n) is 5.21. The molecule has 1 unspecified atom stereocenters. The number of hydrogen-bond acceptors (Lipinski definition) is 6. The molecule has 194 valence electrons. The van der Waals surface area contributed by atoms with Crippen LogP contribution in [0.1, 0.15) is 45.0 Å². The van der Waals surface area contributed by atoms with Gasteiger partial charge < -0.3 is 19.4 Å². The Morgan fingerprint density at radius 1 is 0.872 bits per heavy atom. The van der Waals surface area contributed by atoms with Crippen molar-refractivity contribution in [2.24, 2.45) is 0 Å². The second kappa shape index (κ2) is 8.88. The zero-order chi connectivity index (χ0) is 27.6. The molecule has 2 aromatic heterocycles. The third kappa shape index (κ3) is 3.87. The number of allylic oxidation sites excluding steroid dienone is 1. The van der Waals surface area contributed by atoms with Crippen molar-refractivity contribution in [3.63, 3.8) is 0 Å². The van der Waals surface area contributed by atoms with Gasteiger partial charge in [0.2, 0.25) is 0 Å². The van der Waals surface area contributed by atoms with E-state index in [0.29, 0.717) is 27.9 Å².